The molecule has 0 spiro atoms. The second kappa shape index (κ2) is 7.28. The number of ether oxygens (including phenoxy) is 1. The molecule has 5 nitrogen and oxygen atoms in total. The molecule has 0 aromatic carbocycles. The topological polar surface area (TPSA) is 59.1 Å². The molecule has 0 aliphatic carbocycles. The Kier molecular flexibility index (Phi) is 5.39. The van der Waals surface area contributed by atoms with Crippen LogP contribution >= 0.6 is 0 Å². The number of anilines is 2. The molecule has 0 radical (unpaired) electrons. The lowest BCUT2D eigenvalue weighted by Gasteiger charge is -2.22. The Morgan fingerprint density at radius 1 is 1.16 bits per heavy atom. The zero-order valence-electron chi connectivity index (χ0n) is 11.9. The quantitative estimate of drug-likeness (QED) is 0.825. The van der Waals surface area contributed by atoms with Crippen molar-refractivity contribution >= 4 is 11.6 Å². The molecule has 1 aromatic rings. The molecule has 1 fully saturated rings. The maximum atomic E-state index is 5.38. The molecule has 1 aromatic heterocycles. The van der Waals surface area contributed by atoms with Gasteiger partial charge in [0.2, 0.25) is 0 Å². The summed E-state index contributed by atoms with van der Waals surface area (Å²) in [5, 5.41) is 6.69. The molecule has 2 rings (SSSR count). The van der Waals surface area contributed by atoms with E-state index in [0.717, 1.165) is 63.0 Å². The molecule has 19 heavy (non-hydrogen) atoms. The second-order valence-corrected chi connectivity index (χ2v) is 4.88. The molecule has 1 saturated heterocycles. The molecular formula is C14H24N4O. The highest BCUT2D eigenvalue weighted by atomic mass is 16.5. The average molecular weight is 264 g/mol. The summed E-state index contributed by atoms with van der Waals surface area (Å²) in [6.45, 7) is 7.77. The van der Waals surface area contributed by atoms with Crippen LogP contribution in [0.1, 0.15) is 32.5 Å². The highest BCUT2D eigenvalue weighted by Crippen LogP contribution is 2.17. The van der Waals surface area contributed by atoms with Crippen LogP contribution in [-0.2, 0) is 11.2 Å². The zero-order chi connectivity index (χ0) is 13.5. The summed E-state index contributed by atoms with van der Waals surface area (Å²) in [4.78, 5) is 8.98. The SMILES string of the molecule is CCNc1cc(NCC2CCOCC2)nc(CC)n1. The summed E-state index contributed by atoms with van der Waals surface area (Å²) in [5.74, 6) is 3.41. The fourth-order valence-electron chi connectivity index (χ4n) is 2.22. The number of nitrogens with one attached hydrogen (secondary N) is 2. The van der Waals surface area contributed by atoms with Crippen molar-refractivity contribution in [1.29, 1.82) is 0 Å². The van der Waals surface area contributed by atoms with Crippen molar-refractivity contribution < 1.29 is 4.74 Å². The number of hydrogen-bond acceptors (Lipinski definition) is 5. The molecule has 1 aliphatic rings. The van der Waals surface area contributed by atoms with Gasteiger partial charge in [0, 0.05) is 38.8 Å². The minimum Gasteiger partial charge on any atom is -0.381 e. The third kappa shape index (κ3) is 4.35. The smallest absolute Gasteiger partial charge is 0.132 e. The predicted molar refractivity (Wildman–Crippen MR) is 77.6 cm³/mol. The van der Waals surface area contributed by atoms with Gasteiger partial charge in [-0.2, -0.15) is 0 Å². The monoisotopic (exact) mass is 264 g/mol. The van der Waals surface area contributed by atoms with E-state index in [1.165, 1.54) is 0 Å². The van der Waals surface area contributed by atoms with E-state index in [4.69, 9.17) is 4.74 Å². The minimum atomic E-state index is 0.691. The van der Waals surface area contributed by atoms with Crippen LogP contribution in [0.5, 0.6) is 0 Å². The summed E-state index contributed by atoms with van der Waals surface area (Å²) < 4.78 is 5.38. The number of aryl methyl sites for hydroxylation is 1. The Bertz CT molecular complexity index is 391. The summed E-state index contributed by atoms with van der Waals surface area (Å²) in [5.41, 5.74) is 0. The van der Waals surface area contributed by atoms with E-state index in [9.17, 15) is 0 Å². The molecule has 1 aliphatic heterocycles. The molecule has 0 saturated carbocycles. The summed E-state index contributed by atoms with van der Waals surface area (Å²) in [6.07, 6.45) is 3.13. The van der Waals surface area contributed by atoms with Gasteiger partial charge in [-0.15, -0.1) is 0 Å². The van der Waals surface area contributed by atoms with Gasteiger partial charge in [0.15, 0.2) is 0 Å². The minimum absolute atomic E-state index is 0.691. The van der Waals surface area contributed by atoms with Crippen molar-refractivity contribution in [3.05, 3.63) is 11.9 Å². The molecule has 2 N–H and O–H groups in total. The lowest BCUT2D eigenvalue weighted by atomic mass is 10.0. The lowest BCUT2D eigenvalue weighted by Crippen LogP contribution is -2.23. The van der Waals surface area contributed by atoms with Crippen LogP contribution in [0.15, 0.2) is 6.07 Å². The van der Waals surface area contributed by atoms with Gasteiger partial charge in [-0.3, -0.25) is 0 Å². The van der Waals surface area contributed by atoms with Crippen LogP contribution in [0.2, 0.25) is 0 Å². The first kappa shape index (κ1) is 14.1. The van der Waals surface area contributed by atoms with Gasteiger partial charge in [-0.05, 0) is 25.7 Å². The largest absolute Gasteiger partial charge is 0.381 e. The standard InChI is InChI=1S/C14H24N4O/c1-3-12-17-13(15-4-2)9-14(18-12)16-10-11-5-7-19-8-6-11/h9,11H,3-8,10H2,1-2H3,(H2,15,16,17,18). The van der Waals surface area contributed by atoms with Crippen LogP contribution in [0.4, 0.5) is 11.6 Å². The Hall–Kier alpha value is -1.36. The van der Waals surface area contributed by atoms with Gasteiger partial charge < -0.3 is 15.4 Å². The van der Waals surface area contributed by atoms with Gasteiger partial charge >= 0.3 is 0 Å². The van der Waals surface area contributed by atoms with Gasteiger partial charge in [-0.1, -0.05) is 6.92 Å². The molecule has 5 heteroatoms. The fourth-order valence-corrected chi connectivity index (χ4v) is 2.22. The summed E-state index contributed by atoms with van der Waals surface area (Å²) in [6, 6.07) is 1.99. The van der Waals surface area contributed by atoms with Gasteiger partial charge in [0.25, 0.3) is 0 Å². The third-order valence-electron chi connectivity index (χ3n) is 3.36. The van der Waals surface area contributed by atoms with Crippen LogP contribution in [-0.4, -0.2) is 36.3 Å². The maximum absolute atomic E-state index is 5.38. The highest BCUT2D eigenvalue weighted by molar-refractivity contribution is 5.47. The van der Waals surface area contributed by atoms with E-state index in [-0.39, 0.29) is 0 Å². The van der Waals surface area contributed by atoms with Crippen LogP contribution in [0.3, 0.4) is 0 Å². The number of rotatable bonds is 6. The first-order valence-corrected chi connectivity index (χ1v) is 7.25. The number of hydrogen-bond donors (Lipinski definition) is 2. The Morgan fingerprint density at radius 3 is 2.47 bits per heavy atom. The highest BCUT2D eigenvalue weighted by Gasteiger charge is 2.13. The Labute approximate surface area is 115 Å². The fraction of sp³-hybridized carbons (Fsp3) is 0.714. The first-order valence-electron chi connectivity index (χ1n) is 7.25. The Balaban J connectivity index is 1.95. The molecule has 0 atom stereocenters. The van der Waals surface area contributed by atoms with Crippen molar-refractivity contribution in [2.75, 3.05) is 36.9 Å². The molecule has 0 amide bonds. The molecule has 2 heterocycles. The molecule has 0 unspecified atom stereocenters. The third-order valence-corrected chi connectivity index (χ3v) is 3.36. The first-order chi connectivity index (χ1) is 9.31. The van der Waals surface area contributed by atoms with Crippen LogP contribution < -0.4 is 10.6 Å². The van der Waals surface area contributed by atoms with Crippen LogP contribution in [0.25, 0.3) is 0 Å². The van der Waals surface area contributed by atoms with E-state index < -0.39 is 0 Å². The second-order valence-electron chi connectivity index (χ2n) is 4.88. The van der Waals surface area contributed by atoms with Crippen molar-refractivity contribution in [1.82, 2.24) is 9.97 Å². The zero-order valence-corrected chi connectivity index (χ0v) is 11.9. The van der Waals surface area contributed by atoms with Crippen molar-refractivity contribution in [2.24, 2.45) is 5.92 Å². The average Bonchev–Trinajstić information content (AvgIpc) is 2.46. The van der Waals surface area contributed by atoms with Gasteiger partial charge in [0.1, 0.15) is 17.5 Å². The predicted octanol–water partition coefficient (Wildman–Crippen LogP) is 2.31. The Morgan fingerprint density at radius 2 is 1.84 bits per heavy atom. The van der Waals surface area contributed by atoms with E-state index in [0.29, 0.717) is 5.92 Å². The number of nitrogens with zero attached hydrogens (tertiary/aromatic N) is 2. The van der Waals surface area contributed by atoms with Crippen LogP contribution in [0, 0.1) is 5.92 Å². The summed E-state index contributed by atoms with van der Waals surface area (Å²) in [7, 11) is 0. The maximum Gasteiger partial charge on any atom is 0.132 e. The van der Waals surface area contributed by atoms with E-state index >= 15 is 0 Å². The lowest BCUT2D eigenvalue weighted by molar-refractivity contribution is 0.0699. The van der Waals surface area contributed by atoms with E-state index in [2.05, 4.69) is 34.4 Å². The van der Waals surface area contributed by atoms with Crippen molar-refractivity contribution in [3.8, 4) is 0 Å². The molecule has 0 bridgehead atoms. The van der Waals surface area contributed by atoms with Gasteiger partial charge in [-0.25, -0.2) is 9.97 Å². The number of aromatic nitrogens is 2. The van der Waals surface area contributed by atoms with E-state index in [1.54, 1.807) is 0 Å². The summed E-state index contributed by atoms with van der Waals surface area (Å²) >= 11 is 0. The normalized spacial score (nSPS) is 16.3. The molecular weight excluding hydrogens is 240 g/mol. The van der Waals surface area contributed by atoms with Gasteiger partial charge in [0.05, 0.1) is 0 Å². The van der Waals surface area contributed by atoms with Crippen molar-refractivity contribution in [3.63, 3.8) is 0 Å². The molecule has 106 valence electrons. The van der Waals surface area contributed by atoms with E-state index in [1.807, 2.05) is 6.07 Å². The van der Waals surface area contributed by atoms with Crippen molar-refractivity contribution in [2.45, 2.75) is 33.1 Å².